The lowest BCUT2D eigenvalue weighted by molar-refractivity contribution is -0.115. The minimum Gasteiger partial charge on any atom is -0.494 e. The number of carbonyl (C=O) groups is 2. The Morgan fingerprint density at radius 3 is 2.50 bits per heavy atom. The third kappa shape index (κ3) is 4.34. The van der Waals surface area contributed by atoms with Crippen molar-refractivity contribution in [2.75, 3.05) is 12.4 Å². The number of hydrogen-bond donors (Lipinski definition) is 1. The average Bonchev–Trinajstić information content (AvgIpc) is 2.68. The monoisotopic (exact) mass is 394 g/mol. The maximum absolute atomic E-state index is 12.6. The Balaban J connectivity index is 1.75. The second kappa shape index (κ2) is 8.44. The molecule has 0 bridgehead atoms. The van der Waals surface area contributed by atoms with Crippen LogP contribution < -0.4 is 10.1 Å². The zero-order chi connectivity index (χ0) is 20.3. The van der Waals surface area contributed by atoms with E-state index < -0.39 is 0 Å². The van der Waals surface area contributed by atoms with E-state index in [4.69, 9.17) is 4.74 Å². The maximum atomic E-state index is 12.6. The number of Topliss-reactive ketones (excluding diaryl/α,β-unsaturated/α-hetero) is 1. The molecule has 144 valence electrons. The summed E-state index contributed by atoms with van der Waals surface area (Å²) in [7, 11) is 1.62. The number of pyridine rings is 1. The van der Waals surface area contributed by atoms with Gasteiger partial charge in [0.05, 0.1) is 17.4 Å². The van der Waals surface area contributed by atoms with Gasteiger partial charge < -0.3 is 10.1 Å². The molecule has 0 spiro atoms. The Labute approximate surface area is 168 Å². The van der Waals surface area contributed by atoms with E-state index in [9.17, 15) is 9.59 Å². The molecule has 0 radical (unpaired) electrons. The number of para-hydroxylation sites is 1. The number of fused-ring (bicyclic) bond motifs is 1. The van der Waals surface area contributed by atoms with Crippen LogP contribution in [0.25, 0.3) is 10.9 Å². The lowest BCUT2D eigenvalue weighted by Crippen LogP contribution is -2.22. The van der Waals surface area contributed by atoms with E-state index in [1.54, 1.807) is 31.4 Å². The molecule has 28 heavy (non-hydrogen) atoms. The average molecular weight is 394 g/mol. The second-order valence-corrected chi connectivity index (χ2v) is 7.88. The molecular formula is C22H22N2O3S. The molecule has 1 aromatic heterocycles. The van der Waals surface area contributed by atoms with Crippen molar-refractivity contribution in [1.29, 1.82) is 0 Å². The summed E-state index contributed by atoms with van der Waals surface area (Å²) in [5, 5.41) is 4.34. The van der Waals surface area contributed by atoms with E-state index in [1.165, 1.54) is 18.7 Å². The molecule has 0 aliphatic carbocycles. The summed E-state index contributed by atoms with van der Waals surface area (Å²) < 4.78 is 5.42. The van der Waals surface area contributed by atoms with E-state index in [1.807, 2.05) is 38.1 Å². The van der Waals surface area contributed by atoms with Crippen LogP contribution in [0.1, 0.15) is 29.8 Å². The van der Waals surface area contributed by atoms with Gasteiger partial charge in [-0.05, 0) is 62.7 Å². The molecule has 1 amide bonds. The summed E-state index contributed by atoms with van der Waals surface area (Å²) in [6.07, 6.45) is 0. The van der Waals surface area contributed by atoms with Crippen LogP contribution in [0.4, 0.5) is 5.69 Å². The fourth-order valence-electron chi connectivity index (χ4n) is 2.85. The predicted octanol–water partition coefficient (Wildman–Crippen LogP) is 4.87. The first-order chi connectivity index (χ1) is 13.4. The van der Waals surface area contributed by atoms with Crippen LogP contribution in [0.5, 0.6) is 5.75 Å². The Morgan fingerprint density at radius 1 is 1.14 bits per heavy atom. The number of amides is 1. The minimum atomic E-state index is -0.341. The summed E-state index contributed by atoms with van der Waals surface area (Å²) in [4.78, 5) is 28.6. The molecule has 1 unspecified atom stereocenters. The number of ketones is 1. The fraction of sp³-hybridized carbons (Fsp3) is 0.227. The van der Waals surface area contributed by atoms with E-state index in [-0.39, 0.29) is 16.9 Å². The summed E-state index contributed by atoms with van der Waals surface area (Å²) in [5.74, 6) is 0.584. The molecule has 1 heterocycles. The van der Waals surface area contributed by atoms with Crippen molar-refractivity contribution in [3.63, 3.8) is 0 Å². The number of nitrogens with zero attached hydrogens (tertiary/aromatic N) is 1. The summed E-state index contributed by atoms with van der Waals surface area (Å²) >= 11 is 1.39. The molecule has 0 saturated heterocycles. The molecule has 0 fully saturated rings. The van der Waals surface area contributed by atoms with Gasteiger partial charge in [0.25, 0.3) is 0 Å². The summed E-state index contributed by atoms with van der Waals surface area (Å²) in [6.45, 7) is 5.38. The standard InChI is InChI=1S/C22H22N2O3S/c1-13-12-20(24-21-18(13)6-5-7-19(21)27-4)28-15(3)22(26)23-17-10-8-16(9-11-17)14(2)25/h5-12,15H,1-4H3,(H,23,26). The van der Waals surface area contributed by atoms with Crippen molar-refractivity contribution in [3.05, 3.63) is 59.7 Å². The zero-order valence-electron chi connectivity index (χ0n) is 16.3. The fourth-order valence-corrected chi connectivity index (χ4v) is 3.77. The molecule has 2 aromatic carbocycles. The summed E-state index contributed by atoms with van der Waals surface area (Å²) in [5.41, 5.74) is 3.15. The Bertz CT molecular complexity index is 1030. The van der Waals surface area contributed by atoms with Crippen LogP contribution in [0.3, 0.4) is 0 Å². The first-order valence-corrected chi connectivity index (χ1v) is 9.80. The minimum absolute atomic E-state index is 0.00465. The maximum Gasteiger partial charge on any atom is 0.237 e. The first kappa shape index (κ1) is 19.9. The number of anilines is 1. The normalized spacial score (nSPS) is 11.9. The lowest BCUT2D eigenvalue weighted by atomic mass is 10.1. The molecule has 6 heteroatoms. The number of hydrogen-bond acceptors (Lipinski definition) is 5. The van der Waals surface area contributed by atoms with E-state index >= 15 is 0 Å². The van der Waals surface area contributed by atoms with Crippen molar-refractivity contribution in [3.8, 4) is 5.75 Å². The van der Waals surface area contributed by atoms with E-state index in [0.717, 1.165) is 21.5 Å². The smallest absolute Gasteiger partial charge is 0.237 e. The van der Waals surface area contributed by atoms with Gasteiger partial charge in [-0.2, -0.15) is 0 Å². The van der Waals surface area contributed by atoms with Gasteiger partial charge >= 0.3 is 0 Å². The van der Waals surface area contributed by atoms with Gasteiger partial charge in [-0.3, -0.25) is 9.59 Å². The van der Waals surface area contributed by atoms with Crippen molar-refractivity contribution >= 4 is 40.0 Å². The number of aromatic nitrogens is 1. The van der Waals surface area contributed by atoms with Gasteiger partial charge in [-0.1, -0.05) is 23.9 Å². The number of thioether (sulfide) groups is 1. The quantitative estimate of drug-likeness (QED) is 0.477. The lowest BCUT2D eigenvalue weighted by Gasteiger charge is -2.14. The topological polar surface area (TPSA) is 68.3 Å². The number of rotatable bonds is 6. The highest BCUT2D eigenvalue weighted by Crippen LogP contribution is 2.31. The largest absolute Gasteiger partial charge is 0.494 e. The molecule has 0 aliphatic heterocycles. The Hall–Kier alpha value is -2.86. The number of aryl methyl sites for hydroxylation is 1. The van der Waals surface area contributed by atoms with Crippen LogP contribution >= 0.6 is 11.8 Å². The van der Waals surface area contributed by atoms with Crippen LogP contribution in [-0.4, -0.2) is 29.0 Å². The van der Waals surface area contributed by atoms with Gasteiger partial charge in [-0.25, -0.2) is 4.98 Å². The van der Waals surface area contributed by atoms with Crippen LogP contribution in [0.2, 0.25) is 0 Å². The molecule has 1 atom stereocenters. The van der Waals surface area contributed by atoms with Crippen LogP contribution in [0.15, 0.2) is 53.6 Å². The Kier molecular flexibility index (Phi) is 5.99. The van der Waals surface area contributed by atoms with Crippen molar-refractivity contribution in [2.45, 2.75) is 31.0 Å². The number of ether oxygens (including phenoxy) is 1. The third-order valence-electron chi connectivity index (χ3n) is 4.43. The van der Waals surface area contributed by atoms with Crippen molar-refractivity contribution < 1.29 is 14.3 Å². The highest BCUT2D eigenvalue weighted by atomic mass is 32.2. The van der Waals surface area contributed by atoms with Gasteiger partial charge in [-0.15, -0.1) is 0 Å². The third-order valence-corrected chi connectivity index (χ3v) is 5.45. The molecule has 1 N–H and O–H groups in total. The molecule has 0 aliphatic rings. The van der Waals surface area contributed by atoms with E-state index in [2.05, 4.69) is 10.3 Å². The van der Waals surface area contributed by atoms with Crippen molar-refractivity contribution in [1.82, 2.24) is 4.98 Å². The zero-order valence-corrected chi connectivity index (χ0v) is 17.1. The van der Waals surface area contributed by atoms with Crippen LogP contribution in [-0.2, 0) is 4.79 Å². The highest BCUT2D eigenvalue weighted by molar-refractivity contribution is 8.00. The highest BCUT2D eigenvalue weighted by Gasteiger charge is 2.17. The molecule has 3 rings (SSSR count). The molecule has 0 saturated carbocycles. The van der Waals surface area contributed by atoms with Gasteiger partial charge in [0.15, 0.2) is 5.78 Å². The van der Waals surface area contributed by atoms with Gasteiger partial charge in [0, 0.05) is 16.6 Å². The molecule has 5 nitrogen and oxygen atoms in total. The van der Waals surface area contributed by atoms with E-state index in [0.29, 0.717) is 17.0 Å². The molecular weight excluding hydrogens is 372 g/mol. The number of carbonyl (C=O) groups excluding carboxylic acids is 2. The number of benzene rings is 2. The van der Waals surface area contributed by atoms with Crippen molar-refractivity contribution in [2.24, 2.45) is 0 Å². The predicted molar refractivity (Wildman–Crippen MR) is 113 cm³/mol. The van der Waals surface area contributed by atoms with Gasteiger partial charge in [0.2, 0.25) is 5.91 Å². The Morgan fingerprint density at radius 2 is 1.86 bits per heavy atom. The SMILES string of the molecule is COc1cccc2c(C)cc(SC(C)C(=O)Nc3ccc(C(C)=O)cc3)nc12. The number of nitrogens with one attached hydrogen (secondary N) is 1. The van der Waals surface area contributed by atoms with Gasteiger partial charge in [0.1, 0.15) is 11.3 Å². The summed E-state index contributed by atoms with van der Waals surface area (Å²) in [6, 6.07) is 14.7. The number of methoxy groups -OCH3 is 1. The first-order valence-electron chi connectivity index (χ1n) is 8.92. The molecule has 3 aromatic rings. The van der Waals surface area contributed by atoms with Crippen LogP contribution in [0, 0.1) is 6.92 Å². The second-order valence-electron chi connectivity index (χ2n) is 6.52.